The van der Waals surface area contributed by atoms with E-state index in [9.17, 15) is 14.4 Å². The number of amides is 4. The Morgan fingerprint density at radius 2 is 2.00 bits per heavy atom. The molecule has 1 aromatic heterocycles. The number of aromatic nitrogens is 2. The lowest BCUT2D eigenvalue weighted by atomic mass is 9.96. The Bertz CT molecular complexity index is 845. The van der Waals surface area contributed by atoms with Crippen LogP contribution in [-0.2, 0) is 16.1 Å². The first-order valence-corrected chi connectivity index (χ1v) is 8.84. The maximum Gasteiger partial charge on any atom is 0.335 e. The molecular formula is C19H21N5O3. The first kappa shape index (κ1) is 18.5. The highest BCUT2D eigenvalue weighted by Crippen LogP contribution is 2.22. The summed E-state index contributed by atoms with van der Waals surface area (Å²) in [6.07, 6.45) is 6.51. The Labute approximate surface area is 156 Å². The molecule has 1 aliphatic rings. The average molecular weight is 367 g/mol. The summed E-state index contributed by atoms with van der Waals surface area (Å²) < 4.78 is 1.94. The summed E-state index contributed by atoms with van der Waals surface area (Å²) in [5, 5.41) is 2.27. The first-order chi connectivity index (χ1) is 13.1. The fraction of sp³-hybridized carbons (Fsp3) is 0.316. The number of para-hydroxylation sites is 1. The minimum atomic E-state index is -1.08. The summed E-state index contributed by atoms with van der Waals surface area (Å²) in [5.74, 6) is -2.27. The molecule has 1 saturated heterocycles. The van der Waals surface area contributed by atoms with Crippen molar-refractivity contribution in [1.29, 1.82) is 0 Å². The number of nitrogens with zero attached hydrogens (tertiary/aromatic N) is 4. The zero-order valence-electron chi connectivity index (χ0n) is 15.0. The molecule has 0 bridgehead atoms. The smallest absolute Gasteiger partial charge is 0.335 e. The predicted molar refractivity (Wildman–Crippen MR) is 100 cm³/mol. The van der Waals surface area contributed by atoms with Gasteiger partial charge in [-0.1, -0.05) is 25.1 Å². The van der Waals surface area contributed by atoms with Crippen LogP contribution in [0.15, 0.2) is 54.0 Å². The SMILES string of the molecule is CCC(=NCCCn1ccnc1)C1C(=O)NC(=O)N(c2ccccc2)C1=O. The number of carbonyl (C=O) groups is 3. The Balaban J connectivity index is 1.75. The van der Waals surface area contributed by atoms with Gasteiger partial charge in [-0.05, 0) is 25.0 Å². The molecule has 1 fully saturated rings. The molecule has 2 heterocycles. The predicted octanol–water partition coefficient (Wildman–Crippen LogP) is 2.02. The highest BCUT2D eigenvalue weighted by molar-refractivity contribution is 6.35. The van der Waals surface area contributed by atoms with Crippen molar-refractivity contribution in [1.82, 2.24) is 14.9 Å². The molecule has 0 aliphatic carbocycles. The highest BCUT2D eigenvalue weighted by atomic mass is 16.2. The van der Waals surface area contributed by atoms with E-state index in [0.717, 1.165) is 17.9 Å². The van der Waals surface area contributed by atoms with Gasteiger partial charge in [-0.15, -0.1) is 0 Å². The highest BCUT2D eigenvalue weighted by Gasteiger charge is 2.43. The van der Waals surface area contributed by atoms with E-state index in [4.69, 9.17) is 0 Å². The fourth-order valence-corrected chi connectivity index (χ4v) is 2.99. The number of hydrogen-bond donors (Lipinski definition) is 1. The second-order valence-corrected chi connectivity index (χ2v) is 6.12. The van der Waals surface area contributed by atoms with E-state index < -0.39 is 23.8 Å². The molecule has 0 spiro atoms. The van der Waals surface area contributed by atoms with Crippen molar-refractivity contribution >= 4 is 29.2 Å². The van der Waals surface area contributed by atoms with Crippen LogP contribution in [0.3, 0.4) is 0 Å². The molecule has 4 amide bonds. The van der Waals surface area contributed by atoms with Crippen molar-refractivity contribution in [2.45, 2.75) is 26.3 Å². The third kappa shape index (κ3) is 4.11. The number of aryl methyl sites for hydroxylation is 1. The minimum Gasteiger partial charge on any atom is -0.337 e. The van der Waals surface area contributed by atoms with E-state index in [0.29, 0.717) is 24.4 Å². The van der Waals surface area contributed by atoms with Gasteiger partial charge < -0.3 is 4.57 Å². The quantitative estimate of drug-likeness (QED) is 0.460. The largest absolute Gasteiger partial charge is 0.337 e. The van der Waals surface area contributed by atoms with Crippen LogP contribution in [-0.4, -0.2) is 39.7 Å². The number of aliphatic imine (C=N–C) groups is 1. The number of urea groups is 1. The monoisotopic (exact) mass is 367 g/mol. The van der Waals surface area contributed by atoms with Gasteiger partial charge in [-0.25, -0.2) is 14.7 Å². The summed E-state index contributed by atoms with van der Waals surface area (Å²) in [5.41, 5.74) is 0.907. The van der Waals surface area contributed by atoms with E-state index in [1.165, 1.54) is 0 Å². The molecule has 1 aromatic carbocycles. The van der Waals surface area contributed by atoms with E-state index in [-0.39, 0.29) is 0 Å². The molecule has 8 heteroatoms. The van der Waals surface area contributed by atoms with Crippen molar-refractivity contribution in [3.05, 3.63) is 49.1 Å². The first-order valence-electron chi connectivity index (χ1n) is 8.84. The van der Waals surface area contributed by atoms with E-state index >= 15 is 0 Å². The van der Waals surface area contributed by atoms with Crippen LogP contribution in [0.25, 0.3) is 0 Å². The summed E-state index contributed by atoms with van der Waals surface area (Å²) in [6.45, 7) is 3.08. The van der Waals surface area contributed by atoms with Crippen LogP contribution in [0.1, 0.15) is 19.8 Å². The molecule has 140 valence electrons. The Morgan fingerprint density at radius 3 is 2.67 bits per heavy atom. The molecule has 0 radical (unpaired) electrons. The van der Waals surface area contributed by atoms with Crippen LogP contribution in [0, 0.1) is 5.92 Å². The van der Waals surface area contributed by atoms with Gasteiger partial charge in [0, 0.05) is 31.2 Å². The van der Waals surface area contributed by atoms with Crippen molar-refractivity contribution < 1.29 is 14.4 Å². The van der Waals surface area contributed by atoms with Gasteiger partial charge in [0.1, 0.15) is 0 Å². The van der Waals surface area contributed by atoms with Crippen molar-refractivity contribution in [2.75, 3.05) is 11.4 Å². The van der Waals surface area contributed by atoms with Gasteiger partial charge in [-0.2, -0.15) is 0 Å². The van der Waals surface area contributed by atoms with Gasteiger partial charge in [0.05, 0.1) is 12.0 Å². The fourth-order valence-electron chi connectivity index (χ4n) is 2.99. The summed E-state index contributed by atoms with van der Waals surface area (Å²) in [4.78, 5) is 46.9. The van der Waals surface area contributed by atoms with Crippen molar-refractivity contribution in [2.24, 2.45) is 10.9 Å². The van der Waals surface area contributed by atoms with E-state index in [1.807, 2.05) is 17.7 Å². The zero-order valence-corrected chi connectivity index (χ0v) is 15.0. The van der Waals surface area contributed by atoms with Crippen LogP contribution >= 0.6 is 0 Å². The third-order valence-corrected chi connectivity index (χ3v) is 4.32. The Kier molecular flexibility index (Phi) is 5.75. The molecule has 3 rings (SSSR count). The number of imide groups is 2. The molecule has 1 unspecified atom stereocenters. The van der Waals surface area contributed by atoms with Crippen LogP contribution in [0.2, 0.25) is 0 Å². The van der Waals surface area contributed by atoms with E-state index in [2.05, 4.69) is 15.3 Å². The number of rotatable bonds is 7. The maximum atomic E-state index is 12.9. The average Bonchev–Trinajstić information content (AvgIpc) is 3.17. The number of anilines is 1. The minimum absolute atomic E-state index is 0.424. The van der Waals surface area contributed by atoms with Crippen molar-refractivity contribution in [3.63, 3.8) is 0 Å². The Hall–Kier alpha value is -3.29. The number of benzene rings is 1. The van der Waals surface area contributed by atoms with Gasteiger partial charge in [0.15, 0.2) is 5.92 Å². The molecule has 1 atom stereocenters. The molecular weight excluding hydrogens is 346 g/mol. The number of imidazole rings is 1. The maximum absolute atomic E-state index is 12.9. The third-order valence-electron chi connectivity index (χ3n) is 4.32. The molecule has 1 N–H and O–H groups in total. The second-order valence-electron chi connectivity index (χ2n) is 6.12. The standard InChI is InChI=1S/C19H21N5O3/c1-2-15(21-9-6-11-23-12-10-20-13-23)16-17(25)22-19(27)24(18(16)26)14-7-4-3-5-8-14/h3-5,7-8,10,12-13,16H,2,6,9,11H2,1H3,(H,22,25,27). The Morgan fingerprint density at radius 1 is 1.22 bits per heavy atom. The van der Waals surface area contributed by atoms with Crippen LogP contribution in [0.4, 0.5) is 10.5 Å². The van der Waals surface area contributed by atoms with Gasteiger partial charge >= 0.3 is 6.03 Å². The summed E-state index contributed by atoms with van der Waals surface area (Å²) in [7, 11) is 0. The molecule has 8 nitrogen and oxygen atoms in total. The van der Waals surface area contributed by atoms with Gasteiger partial charge in [0.25, 0.3) is 5.91 Å². The normalized spacial score (nSPS) is 18.0. The summed E-state index contributed by atoms with van der Waals surface area (Å²) >= 11 is 0. The van der Waals surface area contributed by atoms with Gasteiger partial charge in [0.2, 0.25) is 5.91 Å². The number of barbiturate groups is 1. The summed E-state index contributed by atoms with van der Waals surface area (Å²) in [6, 6.07) is 7.81. The zero-order chi connectivity index (χ0) is 19.2. The lowest BCUT2D eigenvalue weighted by Gasteiger charge is -2.30. The second kappa shape index (κ2) is 8.39. The number of hydrogen-bond acceptors (Lipinski definition) is 5. The van der Waals surface area contributed by atoms with Crippen LogP contribution in [0.5, 0.6) is 0 Å². The topological polar surface area (TPSA) is 96.7 Å². The lowest BCUT2D eigenvalue weighted by Crippen LogP contribution is -2.60. The van der Waals surface area contributed by atoms with E-state index in [1.54, 1.807) is 42.9 Å². The number of nitrogens with one attached hydrogen (secondary N) is 1. The molecule has 27 heavy (non-hydrogen) atoms. The van der Waals surface area contributed by atoms with Crippen LogP contribution < -0.4 is 10.2 Å². The molecule has 2 aromatic rings. The lowest BCUT2D eigenvalue weighted by molar-refractivity contribution is -0.131. The molecule has 0 saturated carbocycles. The van der Waals surface area contributed by atoms with Gasteiger partial charge in [-0.3, -0.25) is 19.9 Å². The van der Waals surface area contributed by atoms with Crippen molar-refractivity contribution in [3.8, 4) is 0 Å². The number of carbonyl (C=O) groups excluding carboxylic acids is 3. The molecule has 1 aliphatic heterocycles.